The predicted octanol–water partition coefficient (Wildman–Crippen LogP) is 0.580. The Morgan fingerprint density at radius 2 is 2.36 bits per heavy atom. The molecule has 2 aliphatic rings. The van der Waals surface area contributed by atoms with Crippen LogP contribution in [0.1, 0.15) is 50.9 Å². The molecule has 1 aromatic heterocycles. The van der Waals surface area contributed by atoms with Crippen molar-refractivity contribution in [3.8, 4) is 0 Å². The number of hydrogen-bond donors (Lipinski definition) is 2. The van der Waals surface area contributed by atoms with Gasteiger partial charge in [0.05, 0.1) is 12.5 Å². The summed E-state index contributed by atoms with van der Waals surface area (Å²) in [5.41, 5.74) is 0. The first-order chi connectivity index (χ1) is 10.5. The Bertz CT molecular complexity index is 577. The minimum absolute atomic E-state index is 0.0720. The summed E-state index contributed by atoms with van der Waals surface area (Å²) in [6.45, 7) is 5.15. The summed E-state index contributed by atoms with van der Waals surface area (Å²) >= 11 is 0. The second kappa shape index (κ2) is 6.04. The number of anilines is 1. The number of amides is 2. The third kappa shape index (κ3) is 2.96. The highest BCUT2D eigenvalue weighted by Gasteiger charge is 2.33. The van der Waals surface area contributed by atoms with Crippen molar-refractivity contribution in [2.75, 3.05) is 18.5 Å². The standard InChI is InChI=1S/C14H21N5O3/c1-8(2)12-17-14-16-11(20)6-10(19(14)18-12)13(21)15-7-9-4-3-5-22-9/h8-10H,3-7H2,1-2H3,(H,15,21)(H,16,17,18,20)/t9-,10-/m1/s1. The van der Waals surface area contributed by atoms with E-state index >= 15 is 0 Å². The van der Waals surface area contributed by atoms with Gasteiger partial charge in [-0.15, -0.1) is 0 Å². The lowest BCUT2D eigenvalue weighted by Crippen LogP contribution is -2.41. The average Bonchev–Trinajstić information content (AvgIpc) is 3.12. The van der Waals surface area contributed by atoms with Crippen molar-refractivity contribution in [1.29, 1.82) is 0 Å². The fourth-order valence-corrected chi connectivity index (χ4v) is 2.67. The van der Waals surface area contributed by atoms with Crippen LogP contribution in [0.25, 0.3) is 0 Å². The molecular formula is C14H21N5O3. The van der Waals surface area contributed by atoms with Crippen LogP contribution in [0.5, 0.6) is 0 Å². The molecule has 1 aromatic rings. The van der Waals surface area contributed by atoms with E-state index in [9.17, 15) is 9.59 Å². The molecule has 0 unspecified atom stereocenters. The maximum atomic E-state index is 12.4. The monoisotopic (exact) mass is 307 g/mol. The number of nitrogens with one attached hydrogen (secondary N) is 2. The molecule has 3 rings (SSSR count). The van der Waals surface area contributed by atoms with Crippen LogP contribution in [0.2, 0.25) is 0 Å². The van der Waals surface area contributed by atoms with E-state index in [2.05, 4.69) is 20.7 Å². The SMILES string of the molecule is CC(C)c1nc2n(n1)[C@@H](C(=O)NC[C@H]1CCCO1)CC(=O)N2. The van der Waals surface area contributed by atoms with Gasteiger partial charge in [0.15, 0.2) is 5.82 Å². The van der Waals surface area contributed by atoms with Gasteiger partial charge in [-0.3, -0.25) is 14.9 Å². The van der Waals surface area contributed by atoms with Gasteiger partial charge >= 0.3 is 0 Å². The van der Waals surface area contributed by atoms with E-state index in [4.69, 9.17) is 4.74 Å². The zero-order chi connectivity index (χ0) is 15.7. The summed E-state index contributed by atoms with van der Waals surface area (Å²) in [5, 5.41) is 9.89. The number of carbonyl (C=O) groups excluding carboxylic acids is 2. The molecule has 0 bridgehead atoms. The Morgan fingerprint density at radius 1 is 1.55 bits per heavy atom. The van der Waals surface area contributed by atoms with E-state index in [0.29, 0.717) is 18.3 Å². The lowest BCUT2D eigenvalue weighted by atomic mass is 10.1. The van der Waals surface area contributed by atoms with Crippen molar-refractivity contribution in [3.63, 3.8) is 0 Å². The molecule has 2 amide bonds. The highest BCUT2D eigenvalue weighted by atomic mass is 16.5. The first kappa shape index (κ1) is 15.0. The number of fused-ring (bicyclic) bond motifs is 1. The van der Waals surface area contributed by atoms with Gasteiger partial charge in [-0.1, -0.05) is 13.8 Å². The molecule has 0 aromatic carbocycles. The maximum Gasteiger partial charge on any atom is 0.245 e. The molecule has 2 atom stereocenters. The number of ether oxygens (including phenoxy) is 1. The molecule has 1 saturated heterocycles. The second-order valence-electron chi connectivity index (χ2n) is 6.04. The van der Waals surface area contributed by atoms with Crippen LogP contribution in [0.4, 0.5) is 5.95 Å². The Kier molecular flexibility index (Phi) is 4.10. The quantitative estimate of drug-likeness (QED) is 0.848. The topological polar surface area (TPSA) is 98.1 Å². The minimum atomic E-state index is -0.648. The van der Waals surface area contributed by atoms with Crippen LogP contribution in [0.15, 0.2) is 0 Å². The summed E-state index contributed by atoms with van der Waals surface area (Å²) in [6.07, 6.45) is 2.13. The number of rotatable bonds is 4. The van der Waals surface area contributed by atoms with Crippen molar-refractivity contribution in [1.82, 2.24) is 20.1 Å². The summed E-state index contributed by atoms with van der Waals surface area (Å²) in [6, 6.07) is -0.648. The zero-order valence-corrected chi connectivity index (χ0v) is 12.8. The van der Waals surface area contributed by atoms with E-state index in [-0.39, 0.29) is 30.3 Å². The van der Waals surface area contributed by atoms with Gasteiger partial charge in [0.2, 0.25) is 17.8 Å². The summed E-state index contributed by atoms with van der Waals surface area (Å²) in [7, 11) is 0. The summed E-state index contributed by atoms with van der Waals surface area (Å²) in [5.74, 6) is 0.663. The predicted molar refractivity (Wildman–Crippen MR) is 78.4 cm³/mol. The Labute approximate surface area is 128 Å². The van der Waals surface area contributed by atoms with Gasteiger partial charge in [-0.2, -0.15) is 10.1 Å². The van der Waals surface area contributed by atoms with Crippen LogP contribution in [-0.2, 0) is 14.3 Å². The van der Waals surface area contributed by atoms with Crippen LogP contribution in [-0.4, -0.2) is 45.8 Å². The molecule has 0 spiro atoms. The number of nitrogens with zero attached hydrogens (tertiary/aromatic N) is 3. The third-order valence-electron chi connectivity index (χ3n) is 3.92. The second-order valence-corrected chi connectivity index (χ2v) is 6.04. The molecule has 8 heteroatoms. The molecule has 120 valence electrons. The molecule has 0 aliphatic carbocycles. The van der Waals surface area contributed by atoms with Crippen molar-refractivity contribution in [2.24, 2.45) is 0 Å². The van der Waals surface area contributed by atoms with Gasteiger partial charge in [-0.05, 0) is 12.8 Å². The normalized spacial score (nSPS) is 24.2. The van der Waals surface area contributed by atoms with Crippen molar-refractivity contribution in [3.05, 3.63) is 5.82 Å². The molecule has 22 heavy (non-hydrogen) atoms. The van der Waals surface area contributed by atoms with Gasteiger partial charge in [0, 0.05) is 19.1 Å². The largest absolute Gasteiger partial charge is 0.376 e. The average molecular weight is 307 g/mol. The van der Waals surface area contributed by atoms with Crippen LogP contribution in [0, 0.1) is 0 Å². The lowest BCUT2D eigenvalue weighted by Gasteiger charge is -2.23. The van der Waals surface area contributed by atoms with Crippen LogP contribution < -0.4 is 10.6 Å². The molecule has 8 nitrogen and oxygen atoms in total. The fraction of sp³-hybridized carbons (Fsp3) is 0.714. The number of aromatic nitrogens is 3. The zero-order valence-electron chi connectivity index (χ0n) is 12.8. The van der Waals surface area contributed by atoms with Gasteiger partial charge in [-0.25, -0.2) is 4.68 Å². The first-order valence-electron chi connectivity index (χ1n) is 7.70. The van der Waals surface area contributed by atoms with Gasteiger partial charge in [0.1, 0.15) is 6.04 Å². The van der Waals surface area contributed by atoms with E-state index < -0.39 is 6.04 Å². The summed E-state index contributed by atoms with van der Waals surface area (Å²) in [4.78, 5) is 28.5. The Balaban J connectivity index is 1.72. The summed E-state index contributed by atoms with van der Waals surface area (Å²) < 4.78 is 7.00. The molecule has 3 heterocycles. The number of hydrogen-bond acceptors (Lipinski definition) is 5. The maximum absolute atomic E-state index is 12.4. The Hall–Kier alpha value is -1.96. The van der Waals surface area contributed by atoms with E-state index in [0.717, 1.165) is 19.4 Å². The van der Waals surface area contributed by atoms with Crippen molar-refractivity contribution < 1.29 is 14.3 Å². The van der Waals surface area contributed by atoms with Gasteiger partial charge < -0.3 is 10.1 Å². The molecule has 2 N–H and O–H groups in total. The third-order valence-corrected chi connectivity index (χ3v) is 3.92. The highest BCUT2D eigenvalue weighted by molar-refractivity contribution is 5.96. The van der Waals surface area contributed by atoms with Crippen molar-refractivity contribution >= 4 is 17.8 Å². The van der Waals surface area contributed by atoms with Crippen molar-refractivity contribution in [2.45, 2.75) is 51.2 Å². The molecule has 1 fully saturated rings. The molecule has 2 aliphatic heterocycles. The molecular weight excluding hydrogens is 286 g/mol. The first-order valence-corrected chi connectivity index (χ1v) is 7.70. The van der Waals surface area contributed by atoms with E-state index in [1.807, 2.05) is 13.8 Å². The van der Waals surface area contributed by atoms with E-state index in [1.54, 1.807) is 0 Å². The van der Waals surface area contributed by atoms with Crippen LogP contribution in [0.3, 0.4) is 0 Å². The van der Waals surface area contributed by atoms with Gasteiger partial charge in [0.25, 0.3) is 0 Å². The molecule has 0 saturated carbocycles. The highest BCUT2D eigenvalue weighted by Crippen LogP contribution is 2.25. The Morgan fingerprint density at radius 3 is 3.05 bits per heavy atom. The number of carbonyl (C=O) groups is 2. The lowest BCUT2D eigenvalue weighted by molar-refractivity contribution is -0.129. The smallest absolute Gasteiger partial charge is 0.245 e. The van der Waals surface area contributed by atoms with E-state index in [1.165, 1.54) is 4.68 Å². The van der Waals surface area contributed by atoms with Crippen LogP contribution >= 0.6 is 0 Å². The minimum Gasteiger partial charge on any atom is -0.376 e. The molecule has 0 radical (unpaired) electrons. The fourth-order valence-electron chi connectivity index (χ4n) is 2.67.